The van der Waals surface area contributed by atoms with Gasteiger partial charge in [0.25, 0.3) is 5.91 Å². The van der Waals surface area contributed by atoms with Crippen LogP contribution in [0.4, 0.5) is 10.5 Å². The molecule has 4 rings (SSSR count). The summed E-state index contributed by atoms with van der Waals surface area (Å²) in [6.07, 6.45) is 0. The monoisotopic (exact) mass is 357 g/mol. The summed E-state index contributed by atoms with van der Waals surface area (Å²) in [6, 6.07) is 22.3. The molecular weight excluding hydrogens is 338 g/mol. The van der Waals surface area contributed by atoms with Crippen LogP contribution in [0.5, 0.6) is 0 Å². The number of rotatable bonds is 3. The Bertz CT molecular complexity index is 1050. The summed E-state index contributed by atoms with van der Waals surface area (Å²) in [5, 5.41) is 10.6. The van der Waals surface area contributed by atoms with Gasteiger partial charge in [0, 0.05) is 11.4 Å². The Kier molecular flexibility index (Phi) is 4.34. The molecule has 27 heavy (non-hydrogen) atoms. The average Bonchev–Trinajstić information content (AvgIpc) is 2.67. The van der Waals surface area contributed by atoms with E-state index in [4.69, 9.17) is 0 Å². The Morgan fingerprint density at radius 2 is 1.63 bits per heavy atom. The van der Waals surface area contributed by atoms with E-state index in [1.807, 2.05) is 72.8 Å². The van der Waals surface area contributed by atoms with Crippen molar-refractivity contribution in [2.45, 2.75) is 13.0 Å². The lowest BCUT2D eigenvalue weighted by Crippen LogP contribution is -2.46. The van der Waals surface area contributed by atoms with E-state index in [9.17, 15) is 9.59 Å². The zero-order valence-corrected chi connectivity index (χ0v) is 14.8. The molecule has 0 spiro atoms. The number of allylic oxidation sites excluding steroid dienone is 1. The SMILES string of the molecule is CC1=C(C(=O)Nc2ccccc2)[C@@H](c2cccc3ccccc23)NC(=O)N1. The third-order valence-corrected chi connectivity index (χ3v) is 4.68. The molecular formula is C22H19N3O2. The van der Waals surface area contributed by atoms with Crippen molar-refractivity contribution in [2.75, 3.05) is 5.32 Å². The molecule has 0 fully saturated rings. The van der Waals surface area contributed by atoms with Crippen molar-refractivity contribution in [1.82, 2.24) is 10.6 Å². The molecule has 1 heterocycles. The predicted octanol–water partition coefficient (Wildman–Crippen LogP) is 4.11. The van der Waals surface area contributed by atoms with Crippen LogP contribution in [0.3, 0.4) is 0 Å². The summed E-state index contributed by atoms with van der Waals surface area (Å²) < 4.78 is 0. The second kappa shape index (κ2) is 6.96. The number of urea groups is 1. The Balaban J connectivity index is 1.78. The molecule has 0 unspecified atom stereocenters. The van der Waals surface area contributed by atoms with Crippen molar-refractivity contribution < 1.29 is 9.59 Å². The Morgan fingerprint density at radius 1 is 0.926 bits per heavy atom. The summed E-state index contributed by atoms with van der Waals surface area (Å²) in [5.41, 5.74) is 2.64. The molecule has 0 radical (unpaired) electrons. The van der Waals surface area contributed by atoms with Gasteiger partial charge in [-0.25, -0.2) is 4.79 Å². The zero-order chi connectivity index (χ0) is 18.8. The summed E-state index contributed by atoms with van der Waals surface area (Å²) in [6.45, 7) is 1.75. The van der Waals surface area contributed by atoms with Crippen LogP contribution in [0.1, 0.15) is 18.5 Å². The molecule has 1 atom stereocenters. The molecule has 3 N–H and O–H groups in total. The van der Waals surface area contributed by atoms with Crippen LogP contribution in [-0.2, 0) is 4.79 Å². The van der Waals surface area contributed by atoms with Crippen molar-refractivity contribution in [3.8, 4) is 0 Å². The van der Waals surface area contributed by atoms with Gasteiger partial charge in [-0.1, -0.05) is 60.7 Å². The molecule has 1 aliphatic heterocycles. The number of carbonyl (C=O) groups is 2. The fourth-order valence-corrected chi connectivity index (χ4v) is 3.45. The number of amides is 3. The summed E-state index contributed by atoms with van der Waals surface area (Å²) in [5.74, 6) is -0.246. The van der Waals surface area contributed by atoms with E-state index in [2.05, 4.69) is 16.0 Å². The summed E-state index contributed by atoms with van der Waals surface area (Å²) >= 11 is 0. The highest BCUT2D eigenvalue weighted by atomic mass is 16.2. The van der Waals surface area contributed by atoms with Gasteiger partial charge in [0.2, 0.25) is 0 Å². The van der Waals surface area contributed by atoms with E-state index in [1.54, 1.807) is 6.92 Å². The van der Waals surface area contributed by atoms with Crippen LogP contribution in [0, 0.1) is 0 Å². The smallest absolute Gasteiger partial charge is 0.319 e. The molecule has 3 amide bonds. The molecule has 5 heteroatoms. The second-order valence-electron chi connectivity index (χ2n) is 6.46. The van der Waals surface area contributed by atoms with E-state index in [1.165, 1.54) is 0 Å². The molecule has 0 saturated carbocycles. The third-order valence-electron chi connectivity index (χ3n) is 4.68. The number of hydrogen-bond donors (Lipinski definition) is 3. The van der Waals surface area contributed by atoms with Crippen LogP contribution < -0.4 is 16.0 Å². The second-order valence-corrected chi connectivity index (χ2v) is 6.46. The number of fused-ring (bicyclic) bond motifs is 1. The summed E-state index contributed by atoms with van der Waals surface area (Å²) in [4.78, 5) is 25.2. The fourth-order valence-electron chi connectivity index (χ4n) is 3.45. The lowest BCUT2D eigenvalue weighted by atomic mass is 9.91. The number of para-hydroxylation sites is 1. The highest BCUT2D eigenvalue weighted by molar-refractivity contribution is 6.07. The van der Waals surface area contributed by atoms with Gasteiger partial charge < -0.3 is 16.0 Å². The van der Waals surface area contributed by atoms with Gasteiger partial charge in [-0.3, -0.25) is 4.79 Å². The number of nitrogens with one attached hydrogen (secondary N) is 3. The Morgan fingerprint density at radius 3 is 2.44 bits per heavy atom. The van der Waals surface area contributed by atoms with Crippen LogP contribution in [0.2, 0.25) is 0 Å². The molecule has 0 aromatic heterocycles. The van der Waals surface area contributed by atoms with Crippen molar-refractivity contribution >= 4 is 28.4 Å². The molecule has 0 aliphatic carbocycles. The minimum atomic E-state index is -0.534. The Labute approximate surface area is 157 Å². The maximum Gasteiger partial charge on any atom is 0.319 e. The van der Waals surface area contributed by atoms with Gasteiger partial charge in [-0.2, -0.15) is 0 Å². The lowest BCUT2D eigenvalue weighted by molar-refractivity contribution is -0.113. The number of anilines is 1. The molecule has 1 aliphatic rings. The van der Waals surface area contributed by atoms with Gasteiger partial charge in [0.1, 0.15) is 0 Å². The first kappa shape index (κ1) is 16.8. The van der Waals surface area contributed by atoms with Gasteiger partial charge in [-0.05, 0) is 35.4 Å². The first-order valence-electron chi connectivity index (χ1n) is 8.76. The van der Waals surface area contributed by atoms with Crippen molar-refractivity contribution in [3.63, 3.8) is 0 Å². The first-order chi connectivity index (χ1) is 13.1. The number of hydrogen-bond acceptors (Lipinski definition) is 2. The number of benzene rings is 3. The minimum Gasteiger partial charge on any atom is -0.327 e. The van der Waals surface area contributed by atoms with Crippen LogP contribution >= 0.6 is 0 Å². The van der Waals surface area contributed by atoms with Crippen LogP contribution in [0.25, 0.3) is 10.8 Å². The van der Waals surface area contributed by atoms with Gasteiger partial charge in [0.15, 0.2) is 0 Å². The quantitative estimate of drug-likeness (QED) is 0.660. The average molecular weight is 357 g/mol. The van der Waals surface area contributed by atoms with Crippen molar-refractivity contribution in [3.05, 3.63) is 89.6 Å². The molecule has 0 bridgehead atoms. The molecule has 3 aromatic rings. The standard InChI is InChI=1S/C22H19N3O2/c1-14-19(21(26)24-16-10-3-2-4-11-16)20(25-22(27)23-14)18-13-7-9-15-8-5-6-12-17(15)18/h2-13,20H,1H3,(H,24,26)(H2,23,25,27)/t20-/m1/s1. The largest absolute Gasteiger partial charge is 0.327 e. The van der Waals surface area contributed by atoms with Crippen LogP contribution in [-0.4, -0.2) is 11.9 Å². The normalized spacial score (nSPS) is 16.6. The van der Waals surface area contributed by atoms with E-state index >= 15 is 0 Å². The zero-order valence-electron chi connectivity index (χ0n) is 14.8. The van der Waals surface area contributed by atoms with Crippen LogP contribution in [0.15, 0.2) is 84.1 Å². The molecule has 0 saturated heterocycles. The predicted molar refractivity (Wildman–Crippen MR) is 106 cm³/mol. The van der Waals surface area contributed by atoms with E-state index in [0.29, 0.717) is 17.0 Å². The minimum absolute atomic E-state index is 0.246. The number of carbonyl (C=O) groups excluding carboxylic acids is 2. The topological polar surface area (TPSA) is 70.2 Å². The highest BCUT2D eigenvalue weighted by Gasteiger charge is 2.32. The maximum atomic E-state index is 13.0. The highest BCUT2D eigenvalue weighted by Crippen LogP contribution is 2.32. The lowest BCUT2D eigenvalue weighted by Gasteiger charge is -2.29. The fraction of sp³-hybridized carbons (Fsp3) is 0.0909. The van der Waals surface area contributed by atoms with E-state index < -0.39 is 6.04 Å². The van der Waals surface area contributed by atoms with Crippen molar-refractivity contribution in [2.24, 2.45) is 0 Å². The Hall–Kier alpha value is -3.60. The molecule has 3 aromatic carbocycles. The van der Waals surface area contributed by atoms with Gasteiger partial charge >= 0.3 is 6.03 Å². The van der Waals surface area contributed by atoms with Gasteiger partial charge in [-0.15, -0.1) is 0 Å². The van der Waals surface area contributed by atoms with E-state index in [0.717, 1.165) is 16.3 Å². The summed E-state index contributed by atoms with van der Waals surface area (Å²) in [7, 11) is 0. The first-order valence-corrected chi connectivity index (χ1v) is 8.76. The molecule has 134 valence electrons. The molecule has 5 nitrogen and oxygen atoms in total. The van der Waals surface area contributed by atoms with Gasteiger partial charge in [0.05, 0.1) is 11.6 Å². The third kappa shape index (κ3) is 3.27. The van der Waals surface area contributed by atoms with E-state index in [-0.39, 0.29) is 11.9 Å². The maximum absolute atomic E-state index is 13.0. The van der Waals surface area contributed by atoms with Crippen molar-refractivity contribution in [1.29, 1.82) is 0 Å².